The first-order chi connectivity index (χ1) is 24.1. The van der Waals surface area contributed by atoms with Gasteiger partial charge < -0.3 is 4.74 Å². The van der Waals surface area contributed by atoms with Crippen molar-refractivity contribution in [2.24, 2.45) is 23.7 Å². The monoisotopic (exact) mass is 748 g/mol. The van der Waals surface area contributed by atoms with Crippen LogP contribution in [0.5, 0.6) is 5.75 Å². The van der Waals surface area contributed by atoms with Crippen molar-refractivity contribution < 1.29 is 4.74 Å². The third kappa shape index (κ3) is 9.14. The molecule has 3 nitrogen and oxygen atoms in total. The number of rotatable bonds is 19. The maximum Gasteiger partial charge on any atom is 0.140 e. The van der Waals surface area contributed by atoms with E-state index < -0.39 is 0 Å². The molecule has 0 saturated heterocycles. The molecule has 1 aromatic carbocycles. The van der Waals surface area contributed by atoms with Gasteiger partial charge in [0.15, 0.2) is 0 Å². The summed E-state index contributed by atoms with van der Waals surface area (Å²) >= 11 is 5.28. The fraction of sp³-hybridized carbons (Fsp3) is 0.689. The van der Waals surface area contributed by atoms with Crippen molar-refractivity contribution in [2.75, 3.05) is 0 Å². The second kappa shape index (κ2) is 16.7. The molecule has 0 radical (unpaired) electrons. The molecule has 0 amide bonds. The lowest BCUT2D eigenvalue weighted by molar-refractivity contribution is 0.0323. The topological polar surface area (TPSA) is 35.0 Å². The van der Waals surface area contributed by atoms with Crippen LogP contribution < -0.4 is 4.74 Å². The minimum atomic E-state index is -0.301. The molecule has 4 heterocycles. The van der Waals surface area contributed by atoms with Crippen LogP contribution in [0.25, 0.3) is 31.2 Å². The van der Waals surface area contributed by atoms with E-state index in [0.29, 0.717) is 11.8 Å². The summed E-state index contributed by atoms with van der Waals surface area (Å²) in [5, 5.41) is 0. The van der Waals surface area contributed by atoms with Crippen LogP contribution in [0.15, 0.2) is 24.3 Å². The van der Waals surface area contributed by atoms with E-state index >= 15 is 0 Å². The normalized spacial score (nSPS) is 17.6. The van der Waals surface area contributed by atoms with E-state index in [1.165, 1.54) is 99.3 Å². The second-order valence-corrected chi connectivity index (χ2v) is 20.9. The summed E-state index contributed by atoms with van der Waals surface area (Å²) in [6.45, 7) is 28.5. The first-order valence-corrected chi connectivity index (χ1v) is 22.7. The zero-order valence-electron chi connectivity index (χ0n) is 34.1. The zero-order chi connectivity index (χ0) is 37.1. The molecular formula is C45H68N2OS3. The molecule has 0 aliphatic carbocycles. The Labute approximate surface area is 323 Å². The van der Waals surface area contributed by atoms with Crippen molar-refractivity contribution in [3.63, 3.8) is 0 Å². The summed E-state index contributed by atoms with van der Waals surface area (Å²) in [5.41, 5.74) is 5.93. The van der Waals surface area contributed by atoms with Crippen LogP contribution >= 0.6 is 34.4 Å². The summed E-state index contributed by atoms with van der Waals surface area (Å²) < 4.78 is 17.3. The molecule has 3 aromatic heterocycles. The minimum Gasteiger partial charge on any atom is -0.481 e. The highest BCUT2D eigenvalue weighted by atomic mass is 32.1. The third-order valence-electron chi connectivity index (χ3n) is 12.3. The molecule has 1 aliphatic heterocycles. The largest absolute Gasteiger partial charge is 0.481 e. The van der Waals surface area contributed by atoms with E-state index in [-0.39, 0.29) is 16.4 Å². The summed E-state index contributed by atoms with van der Waals surface area (Å²) in [6.07, 6.45) is 14.7. The van der Waals surface area contributed by atoms with E-state index in [4.69, 9.17) is 13.5 Å². The zero-order valence-corrected chi connectivity index (χ0v) is 36.6. The number of ether oxygens (including phenoxy) is 1. The fourth-order valence-electron chi connectivity index (χ4n) is 7.71. The van der Waals surface area contributed by atoms with Crippen molar-refractivity contribution >= 4 is 45.4 Å². The molecule has 0 N–H and O–H groups in total. The number of fused-ring (bicyclic) bond motifs is 4. The lowest BCUT2D eigenvalue weighted by atomic mass is 9.77. The van der Waals surface area contributed by atoms with E-state index in [9.17, 15) is 0 Å². The smallest absolute Gasteiger partial charge is 0.140 e. The van der Waals surface area contributed by atoms with Crippen LogP contribution in [-0.4, -0.2) is 8.75 Å². The van der Waals surface area contributed by atoms with E-state index in [2.05, 4.69) is 107 Å². The molecule has 5 rings (SSSR count). The number of benzene rings is 1. The van der Waals surface area contributed by atoms with Gasteiger partial charge in [-0.15, -0.1) is 22.7 Å². The van der Waals surface area contributed by atoms with Crippen LogP contribution in [0.4, 0.5) is 0 Å². The third-order valence-corrected chi connectivity index (χ3v) is 15.7. The SMILES string of the molecule is CCC(C)(C)c1cc2c(s1)-c1sc(-c3ccc(C(C)(C)CC)c4nsnc34)cc1OC2(CCC(C)CCCC(C)C)CCC(C)CCCC(C)C. The van der Waals surface area contributed by atoms with Gasteiger partial charge in [-0.3, -0.25) is 0 Å². The predicted octanol–water partition coefficient (Wildman–Crippen LogP) is 15.6. The molecule has 51 heavy (non-hydrogen) atoms. The molecule has 0 spiro atoms. The number of hydrogen-bond acceptors (Lipinski definition) is 6. The van der Waals surface area contributed by atoms with Gasteiger partial charge in [-0.2, -0.15) is 8.75 Å². The van der Waals surface area contributed by atoms with Crippen LogP contribution in [0.1, 0.15) is 176 Å². The molecule has 0 saturated carbocycles. The molecule has 1 aliphatic rings. The van der Waals surface area contributed by atoms with E-state index in [0.717, 1.165) is 54.3 Å². The van der Waals surface area contributed by atoms with Crippen LogP contribution in [0.3, 0.4) is 0 Å². The van der Waals surface area contributed by atoms with Gasteiger partial charge in [0.1, 0.15) is 22.4 Å². The summed E-state index contributed by atoms with van der Waals surface area (Å²) in [4.78, 5) is 5.51. The molecule has 6 heteroatoms. The van der Waals surface area contributed by atoms with Gasteiger partial charge in [0, 0.05) is 20.9 Å². The van der Waals surface area contributed by atoms with Crippen molar-refractivity contribution in [3.8, 4) is 25.9 Å². The standard InChI is InChI=1S/C45H68N2OS3/c1-13-43(9,10)34-22-21-33(39-40(34)47-51-46-39)37-28-36-42(49-37)41-35(27-38(50-41)44(11,12)14-2)45(48-36,25-23-31(7)19-15-17-29(3)4)26-24-32(8)20-16-18-30(5)6/h21-22,27-32H,13-20,23-26H2,1-12H3. The van der Waals surface area contributed by atoms with Gasteiger partial charge >= 0.3 is 0 Å². The van der Waals surface area contributed by atoms with Gasteiger partial charge in [0.2, 0.25) is 0 Å². The van der Waals surface area contributed by atoms with Gasteiger partial charge in [-0.1, -0.05) is 134 Å². The van der Waals surface area contributed by atoms with Crippen LogP contribution in [0, 0.1) is 23.7 Å². The van der Waals surface area contributed by atoms with Crippen LogP contribution in [-0.2, 0) is 16.4 Å². The van der Waals surface area contributed by atoms with E-state index in [1.807, 2.05) is 22.7 Å². The molecular weight excluding hydrogens is 681 g/mol. The Bertz CT molecular complexity index is 1700. The van der Waals surface area contributed by atoms with Crippen molar-refractivity contribution in [1.29, 1.82) is 0 Å². The van der Waals surface area contributed by atoms with Gasteiger partial charge in [-0.05, 0) is 90.7 Å². The number of aromatic nitrogens is 2. The predicted molar refractivity (Wildman–Crippen MR) is 227 cm³/mol. The van der Waals surface area contributed by atoms with E-state index in [1.54, 1.807) is 0 Å². The number of hydrogen-bond donors (Lipinski definition) is 0. The summed E-state index contributed by atoms with van der Waals surface area (Å²) in [5.74, 6) is 4.02. The molecule has 2 atom stereocenters. The lowest BCUT2D eigenvalue weighted by Crippen LogP contribution is -2.36. The number of thiophene rings is 2. The quantitative estimate of drug-likeness (QED) is 0.0958. The highest BCUT2D eigenvalue weighted by Gasteiger charge is 2.44. The Kier molecular flexibility index (Phi) is 13.3. The first kappa shape index (κ1) is 40.4. The summed E-state index contributed by atoms with van der Waals surface area (Å²) in [7, 11) is 0. The highest BCUT2D eigenvalue weighted by molar-refractivity contribution is 7.24. The Morgan fingerprint density at radius 1 is 0.686 bits per heavy atom. The van der Waals surface area contributed by atoms with Crippen molar-refractivity contribution in [2.45, 2.75) is 177 Å². The maximum absolute atomic E-state index is 7.57. The van der Waals surface area contributed by atoms with Gasteiger partial charge in [0.25, 0.3) is 0 Å². The van der Waals surface area contributed by atoms with Gasteiger partial charge in [-0.25, -0.2) is 0 Å². The average molecular weight is 749 g/mol. The molecule has 2 unspecified atom stereocenters. The molecule has 282 valence electrons. The van der Waals surface area contributed by atoms with Gasteiger partial charge in [0.05, 0.1) is 21.5 Å². The van der Waals surface area contributed by atoms with Crippen molar-refractivity contribution in [3.05, 3.63) is 40.3 Å². The second-order valence-electron chi connectivity index (χ2n) is 18.3. The van der Waals surface area contributed by atoms with Crippen molar-refractivity contribution in [1.82, 2.24) is 8.75 Å². The Balaban J connectivity index is 1.57. The molecule has 4 aromatic rings. The summed E-state index contributed by atoms with van der Waals surface area (Å²) in [6, 6.07) is 9.56. The Morgan fingerprint density at radius 2 is 1.27 bits per heavy atom. The Hall–Kier alpha value is -1.76. The lowest BCUT2D eigenvalue weighted by Gasteiger charge is -2.39. The Morgan fingerprint density at radius 3 is 1.84 bits per heavy atom. The average Bonchev–Trinajstić information content (AvgIpc) is 3.84. The molecule has 0 bridgehead atoms. The number of nitrogens with zero attached hydrogens (tertiary/aromatic N) is 2. The fourth-order valence-corrected chi connectivity index (χ4v) is 11.0. The first-order valence-electron chi connectivity index (χ1n) is 20.3. The molecule has 0 fully saturated rings. The highest BCUT2D eigenvalue weighted by Crippen LogP contribution is 2.58. The minimum absolute atomic E-state index is 0.0517. The van der Waals surface area contributed by atoms with Crippen LogP contribution in [0.2, 0.25) is 0 Å². The maximum atomic E-state index is 7.57.